The zero-order valence-electron chi connectivity index (χ0n) is 9.89. The first kappa shape index (κ1) is 13.2. The fourth-order valence-electron chi connectivity index (χ4n) is 1.12. The molecule has 0 aromatic heterocycles. The van der Waals surface area contributed by atoms with Gasteiger partial charge in [0.05, 0.1) is 0 Å². The van der Waals surface area contributed by atoms with Crippen molar-refractivity contribution < 1.29 is 4.79 Å². The Morgan fingerprint density at radius 3 is 2.29 bits per heavy atom. The van der Waals surface area contributed by atoms with Crippen LogP contribution >= 0.6 is 0 Å². The second-order valence-electron chi connectivity index (χ2n) is 3.97. The van der Waals surface area contributed by atoms with Crippen LogP contribution in [0.1, 0.15) is 53.4 Å². The Labute approximate surface area is 87.9 Å². The van der Waals surface area contributed by atoms with Gasteiger partial charge in [0.2, 0.25) is 0 Å². The van der Waals surface area contributed by atoms with Crippen molar-refractivity contribution in [3.8, 4) is 0 Å². The number of hydrogen-bond donors (Lipinski definition) is 0. The maximum Gasteiger partial charge on any atom is 0.136 e. The molecule has 0 radical (unpaired) electrons. The Hall–Kier alpha value is -0.850. The molecule has 0 aromatic carbocycles. The summed E-state index contributed by atoms with van der Waals surface area (Å²) < 4.78 is 0. The first-order valence-corrected chi connectivity index (χ1v) is 5.37. The topological polar surface area (TPSA) is 17.1 Å². The van der Waals surface area contributed by atoms with Gasteiger partial charge in [-0.2, -0.15) is 0 Å². The first-order valence-electron chi connectivity index (χ1n) is 5.37. The minimum Gasteiger partial charge on any atom is -0.299 e. The summed E-state index contributed by atoms with van der Waals surface area (Å²) in [5.74, 6) is 0.326. The normalized spacial score (nSPS) is 11.3. The van der Waals surface area contributed by atoms with E-state index in [4.69, 9.17) is 0 Å². The van der Waals surface area contributed by atoms with Gasteiger partial charge in [0.1, 0.15) is 5.78 Å². The van der Waals surface area contributed by atoms with E-state index in [-0.39, 0.29) is 0 Å². The monoisotopic (exact) mass is 194 g/mol. The fourth-order valence-corrected chi connectivity index (χ4v) is 1.12. The number of ketones is 1. The van der Waals surface area contributed by atoms with Crippen molar-refractivity contribution in [1.82, 2.24) is 0 Å². The molecule has 0 amide bonds. The standard InChI is InChI=1S/C13H22O/c1-5-13(14)10-9-12(4)8-6-7-11(2)3/h7,9H,5-6,8,10H2,1-4H3. The van der Waals surface area contributed by atoms with Crippen molar-refractivity contribution in [2.24, 2.45) is 0 Å². The molecule has 0 aliphatic carbocycles. The molecule has 0 aromatic rings. The molecule has 1 heteroatoms. The molecule has 0 N–H and O–H groups in total. The van der Waals surface area contributed by atoms with E-state index in [1.54, 1.807) is 0 Å². The second-order valence-corrected chi connectivity index (χ2v) is 3.97. The Morgan fingerprint density at radius 2 is 1.79 bits per heavy atom. The summed E-state index contributed by atoms with van der Waals surface area (Å²) in [6.07, 6.45) is 7.71. The quantitative estimate of drug-likeness (QED) is 0.583. The summed E-state index contributed by atoms with van der Waals surface area (Å²) >= 11 is 0. The minimum atomic E-state index is 0.326. The summed E-state index contributed by atoms with van der Waals surface area (Å²) in [5.41, 5.74) is 2.69. The lowest BCUT2D eigenvalue weighted by atomic mass is 10.1. The van der Waals surface area contributed by atoms with Gasteiger partial charge in [-0.25, -0.2) is 0 Å². The van der Waals surface area contributed by atoms with Crippen molar-refractivity contribution in [3.63, 3.8) is 0 Å². The van der Waals surface area contributed by atoms with Crippen LogP contribution in [0.5, 0.6) is 0 Å². The van der Waals surface area contributed by atoms with Gasteiger partial charge in [-0.3, -0.25) is 4.79 Å². The Morgan fingerprint density at radius 1 is 1.14 bits per heavy atom. The largest absolute Gasteiger partial charge is 0.299 e. The molecule has 0 spiro atoms. The molecule has 0 unspecified atom stereocenters. The molecule has 1 nitrogen and oxygen atoms in total. The molecular formula is C13H22O. The van der Waals surface area contributed by atoms with E-state index < -0.39 is 0 Å². The average Bonchev–Trinajstić information content (AvgIpc) is 2.13. The van der Waals surface area contributed by atoms with Gasteiger partial charge >= 0.3 is 0 Å². The third kappa shape index (κ3) is 7.78. The lowest BCUT2D eigenvalue weighted by Gasteiger charge is -1.98. The van der Waals surface area contributed by atoms with Crippen LogP contribution in [0.4, 0.5) is 0 Å². The molecule has 80 valence electrons. The molecule has 0 heterocycles. The minimum absolute atomic E-state index is 0.326. The van der Waals surface area contributed by atoms with Crippen molar-refractivity contribution in [2.45, 2.75) is 53.4 Å². The van der Waals surface area contributed by atoms with E-state index in [0.717, 1.165) is 12.8 Å². The highest BCUT2D eigenvalue weighted by molar-refractivity contribution is 5.79. The van der Waals surface area contributed by atoms with Crippen LogP contribution in [0.15, 0.2) is 23.3 Å². The molecule has 0 rings (SSSR count). The number of hydrogen-bond acceptors (Lipinski definition) is 1. The van der Waals surface area contributed by atoms with E-state index >= 15 is 0 Å². The van der Waals surface area contributed by atoms with Crippen LogP contribution in [0.3, 0.4) is 0 Å². The second kappa shape index (κ2) is 7.54. The van der Waals surface area contributed by atoms with Gasteiger partial charge in [0.25, 0.3) is 0 Å². The van der Waals surface area contributed by atoms with E-state index in [9.17, 15) is 4.79 Å². The Bertz CT molecular complexity index is 230. The highest BCUT2D eigenvalue weighted by Crippen LogP contribution is 2.07. The van der Waals surface area contributed by atoms with Crippen molar-refractivity contribution in [3.05, 3.63) is 23.3 Å². The molecule has 0 atom stereocenters. The van der Waals surface area contributed by atoms with Gasteiger partial charge in [-0.15, -0.1) is 0 Å². The summed E-state index contributed by atoms with van der Waals surface area (Å²) in [4.78, 5) is 11.0. The van der Waals surface area contributed by atoms with Crippen LogP contribution in [0.2, 0.25) is 0 Å². The van der Waals surface area contributed by atoms with Crippen LogP contribution in [-0.4, -0.2) is 5.78 Å². The molecule has 0 saturated carbocycles. The van der Waals surface area contributed by atoms with Crippen LogP contribution in [0.25, 0.3) is 0 Å². The SMILES string of the molecule is CCC(=O)CC=C(C)CCC=C(C)C. The van der Waals surface area contributed by atoms with E-state index in [1.165, 1.54) is 11.1 Å². The number of Topliss-reactive ketones (excluding diaryl/α,β-unsaturated/α-hetero) is 1. The van der Waals surface area contributed by atoms with Crippen LogP contribution in [0, 0.1) is 0 Å². The number of rotatable bonds is 6. The number of carbonyl (C=O) groups excluding carboxylic acids is 1. The zero-order chi connectivity index (χ0) is 11.0. The van der Waals surface area contributed by atoms with Crippen LogP contribution < -0.4 is 0 Å². The van der Waals surface area contributed by atoms with E-state index in [1.807, 2.05) is 6.92 Å². The lowest BCUT2D eigenvalue weighted by Crippen LogP contribution is -1.92. The summed E-state index contributed by atoms with van der Waals surface area (Å²) in [7, 11) is 0. The molecule has 0 aliphatic rings. The molecule has 0 saturated heterocycles. The van der Waals surface area contributed by atoms with E-state index in [2.05, 4.69) is 32.9 Å². The summed E-state index contributed by atoms with van der Waals surface area (Å²) in [6.45, 7) is 8.23. The molecule has 0 aliphatic heterocycles. The Kier molecular flexibility index (Phi) is 7.09. The van der Waals surface area contributed by atoms with Gasteiger partial charge in [-0.05, 0) is 33.6 Å². The first-order chi connectivity index (χ1) is 6.56. The molecule has 0 fully saturated rings. The van der Waals surface area contributed by atoms with Gasteiger partial charge in [0, 0.05) is 12.8 Å². The lowest BCUT2D eigenvalue weighted by molar-refractivity contribution is -0.117. The summed E-state index contributed by atoms with van der Waals surface area (Å²) in [5, 5.41) is 0. The fraction of sp³-hybridized carbons (Fsp3) is 0.615. The Balaban J connectivity index is 3.78. The molecule has 0 bridgehead atoms. The highest BCUT2D eigenvalue weighted by atomic mass is 16.1. The van der Waals surface area contributed by atoms with Gasteiger partial charge in [0.15, 0.2) is 0 Å². The van der Waals surface area contributed by atoms with Crippen molar-refractivity contribution in [1.29, 1.82) is 0 Å². The maximum atomic E-state index is 11.0. The van der Waals surface area contributed by atoms with E-state index in [0.29, 0.717) is 18.6 Å². The molecular weight excluding hydrogens is 172 g/mol. The number of carbonyl (C=O) groups is 1. The summed E-state index contributed by atoms with van der Waals surface area (Å²) in [6, 6.07) is 0. The smallest absolute Gasteiger partial charge is 0.136 e. The third-order valence-electron chi connectivity index (χ3n) is 2.16. The van der Waals surface area contributed by atoms with Gasteiger partial charge < -0.3 is 0 Å². The third-order valence-corrected chi connectivity index (χ3v) is 2.16. The average molecular weight is 194 g/mol. The highest BCUT2D eigenvalue weighted by Gasteiger charge is 1.95. The number of allylic oxidation sites excluding steroid dienone is 4. The van der Waals surface area contributed by atoms with Crippen LogP contribution in [-0.2, 0) is 4.79 Å². The van der Waals surface area contributed by atoms with Crippen molar-refractivity contribution >= 4 is 5.78 Å². The predicted molar refractivity (Wildman–Crippen MR) is 62.3 cm³/mol. The zero-order valence-corrected chi connectivity index (χ0v) is 9.89. The predicted octanol–water partition coefficient (Wildman–Crippen LogP) is 4.05. The van der Waals surface area contributed by atoms with Gasteiger partial charge in [-0.1, -0.05) is 30.2 Å². The van der Waals surface area contributed by atoms with Crippen molar-refractivity contribution in [2.75, 3.05) is 0 Å². The maximum absolute atomic E-state index is 11.0. The molecule has 14 heavy (non-hydrogen) atoms.